The fraction of sp³-hybridized carbons (Fsp3) is 0.440. The van der Waals surface area contributed by atoms with Gasteiger partial charge in [-0.05, 0) is 30.7 Å². The highest BCUT2D eigenvalue weighted by molar-refractivity contribution is 6.01. The molecule has 0 aliphatic rings. The van der Waals surface area contributed by atoms with E-state index in [0.29, 0.717) is 12.8 Å². The standard InChI is InChI=1S/C11H15NO.C10H13NO.2C2H6/c1-3-6-11(13)9-7-4-5-8-10(9)12-2;1-3-10(12)8-6-4-5-7-9(8)11-2;2*1-2/h4-5,7-8,12H,3,6H2,1-2H3;4-7,11H,3H2,1-2H3;2*1-2H3. The quantitative estimate of drug-likeness (QED) is 0.487. The van der Waals surface area contributed by atoms with Crippen molar-refractivity contribution in [2.75, 3.05) is 24.7 Å². The lowest BCUT2D eigenvalue weighted by Crippen LogP contribution is -2.02. The van der Waals surface area contributed by atoms with E-state index in [9.17, 15) is 9.59 Å². The number of benzene rings is 2. The Morgan fingerprint density at radius 3 is 1.41 bits per heavy atom. The molecule has 0 saturated carbocycles. The van der Waals surface area contributed by atoms with Crippen LogP contribution in [0.5, 0.6) is 0 Å². The van der Waals surface area contributed by atoms with E-state index < -0.39 is 0 Å². The Hall–Kier alpha value is -2.62. The van der Waals surface area contributed by atoms with Crippen LogP contribution in [0, 0.1) is 0 Å². The summed E-state index contributed by atoms with van der Waals surface area (Å²) in [7, 11) is 3.65. The number of hydrogen-bond acceptors (Lipinski definition) is 4. The van der Waals surface area contributed by atoms with Crippen molar-refractivity contribution in [1.82, 2.24) is 0 Å². The Bertz CT molecular complexity index is 697. The van der Waals surface area contributed by atoms with Gasteiger partial charge in [-0.3, -0.25) is 9.59 Å². The minimum Gasteiger partial charge on any atom is -0.388 e. The molecule has 0 unspecified atom stereocenters. The van der Waals surface area contributed by atoms with E-state index in [1.54, 1.807) is 0 Å². The van der Waals surface area contributed by atoms with Crippen LogP contribution in [0.3, 0.4) is 0 Å². The Balaban J connectivity index is 0. The average molecular weight is 401 g/mol. The molecule has 4 nitrogen and oxygen atoms in total. The first-order chi connectivity index (χ1) is 14.1. The molecule has 0 amide bonds. The highest BCUT2D eigenvalue weighted by Gasteiger charge is 2.08. The molecule has 2 aromatic rings. The van der Waals surface area contributed by atoms with Crippen LogP contribution in [0.25, 0.3) is 0 Å². The van der Waals surface area contributed by atoms with Crippen molar-refractivity contribution < 1.29 is 9.59 Å². The van der Waals surface area contributed by atoms with E-state index in [0.717, 1.165) is 28.9 Å². The van der Waals surface area contributed by atoms with E-state index in [1.165, 1.54) is 0 Å². The van der Waals surface area contributed by atoms with Gasteiger partial charge >= 0.3 is 0 Å². The lowest BCUT2D eigenvalue weighted by Gasteiger charge is -2.06. The topological polar surface area (TPSA) is 58.2 Å². The van der Waals surface area contributed by atoms with Gasteiger partial charge in [0.2, 0.25) is 0 Å². The molecule has 2 rings (SSSR count). The number of carbonyl (C=O) groups is 2. The van der Waals surface area contributed by atoms with Crippen molar-refractivity contribution in [3.8, 4) is 0 Å². The van der Waals surface area contributed by atoms with Crippen molar-refractivity contribution >= 4 is 22.9 Å². The largest absolute Gasteiger partial charge is 0.388 e. The molecule has 0 aliphatic carbocycles. The summed E-state index contributed by atoms with van der Waals surface area (Å²) in [6.45, 7) is 11.9. The zero-order chi connectivity index (χ0) is 22.7. The predicted octanol–water partition coefficient (Wildman–Crippen LogP) is 7.08. The molecule has 0 aromatic heterocycles. The predicted molar refractivity (Wildman–Crippen MR) is 129 cm³/mol. The summed E-state index contributed by atoms with van der Waals surface area (Å²) in [5.74, 6) is 0.396. The first kappa shape index (κ1) is 28.6. The smallest absolute Gasteiger partial charge is 0.164 e. The monoisotopic (exact) mass is 400 g/mol. The Labute approximate surface area is 178 Å². The first-order valence-corrected chi connectivity index (χ1v) is 10.7. The SMILES string of the molecule is CC.CC.CCC(=O)c1ccccc1NC.CCCC(=O)c1ccccc1NC. The summed E-state index contributed by atoms with van der Waals surface area (Å²) >= 11 is 0. The molecule has 29 heavy (non-hydrogen) atoms. The molecule has 0 saturated heterocycles. The summed E-state index contributed by atoms with van der Waals surface area (Å²) in [6.07, 6.45) is 2.08. The summed E-state index contributed by atoms with van der Waals surface area (Å²) in [5, 5.41) is 6.00. The number of nitrogens with one attached hydrogen (secondary N) is 2. The van der Waals surface area contributed by atoms with Gasteiger partial charge in [0, 0.05) is 49.4 Å². The van der Waals surface area contributed by atoms with Crippen molar-refractivity contribution in [1.29, 1.82) is 0 Å². The van der Waals surface area contributed by atoms with E-state index in [1.807, 2.05) is 104 Å². The molecule has 0 aliphatic heterocycles. The average Bonchev–Trinajstić information content (AvgIpc) is 2.81. The maximum atomic E-state index is 11.6. The molecule has 0 spiro atoms. The maximum Gasteiger partial charge on any atom is 0.164 e. The molecule has 0 atom stereocenters. The van der Waals surface area contributed by atoms with E-state index >= 15 is 0 Å². The van der Waals surface area contributed by atoms with Crippen molar-refractivity contribution in [2.45, 2.75) is 60.8 Å². The van der Waals surface area contributed by atoms with Gasteiger partial charge in [-0.1, -0.05) is 65.8 Å². The lowest BCUT2D eigenvalue weighted by molar-refractivity contribution is 0.0977. The second-order valence-electron chi connectivity index (χ2n) is 5.54. The number of anilines is 2. The van der Waals surface area contributed by atoms with Crippen molar-refractivity contribution in [2.24, 2.45) is 0 Å². The van der Waals surface area contributed by atoms with Crippen LogP contribution in [0.2, 0.25) is 0 Å². The fourth-order valence-electron chi connectivity index (χ4n) is 2.44. The van der Waals surface area contributed by atoms with Crippen LogP contribution >= 0.6 is 0 Å². The van der Waals surface area contributed by atoms with Gasteiger partial charge < -0.3 is 10.6 Å². The van der Waals surface area contributed by atoms with Crippen LogP contribution < -0.4 is 10.6 Å². The zero-order valence-electron chi connectivity index (χ0n) is 19.6. The van der Waals surface area contributed by atoms with Crippen LogP contribution in [-0.2, 0) is 0 Å². The van der Waals surface area contributed by atoms with Crippen molar-refractivity contribution in [3.05, 3.63) is 59.7 Å². The third kappa shape index (κ3) is 10.5. The van der Waals surface area contributed by atoms with E-state index in [4.69, 9.17) is 0 Å². The Morgan fingerprint density at radius 1 is 0.690 bits per heavy atom. The highest BCUT2D eigenvalue weighted by atomic mass is 16.1. The summed E-state index contributed by atoms with van der Waals surface area (Å²) in [5.41, 5.74) is 3.40. The molecular formula is C25H40N2O2. The Morgan fingerprint density at radius 2 is 1.07 bits per heavy atom. The second-order valence-corrected chi connectivity index (χ2v) is 5.54. The molecule has 2 N–H and O–H groups in total. The van der Waals surface area contributed by atoms with Gasteiger partial charge in [0.1, 0.15) is 0 Å². The van der Waals surface area contributed by atoms with Gasteiger partial charge in [0.05, 0.1) is 0 Å². The van der Waals surface area contributed by atoms with Gasteiger partial charge in [0.25, 0.3) is 0 Å². The third-order valence-electron chi connectivity index (χ3n) is 3.79. The number of hydrogen-bond donors (Lipinski definition) is 2. The number of ketones is 2. The van der Waals surface area contributed by atoms with Crippen molar-refractivity contribution in [3.63, 3.8) is 0 Å². The van der Waals surface area contributed by atoms with Gasteiger partial charge in [0.15, 0.2) is 11.6 Å². The minimum absolute atomic E-state index is 0.181. The van der Waals surface area contributed by atoms with Crippen LogP contribution in [0.4, 0.5) is 11.4 Å². The van der Waals surface area contributed by atoms with Crippen LogP contribution in [-0.4, -0.2) is 25.7 Å². The lowest BCUT2D eigenvalue weighted by atomic mass is 10.1. The van der Waals surface area contributed by atoms with Crippen LogP contribution in [0.1, 0.15) is 81.5 Å². The third-order valence-corrected chi connectivity index (χ3v) is 3.79. The number of para-hydroxylation sites is 2. The van der Waals surface area contributed by atoms with Gasteiger partial charge in [-0.25, -0.2) is 0 Å². The van der Waals surface area contributed by atoms with Crippen LogP contribution in [0.15, 0.2) is 48.5 Å². The number of carbonyl (C=O) groups excluding carboxylic acids is 2. The molecule has 162 valence electrons. The van der Waals surface area contributed by atoms with E-state index in [-0.39, 0.29) is 11.6 Å². The van der Waals surface area contributed by atoms with E-state index in [2.05, 4.69) is 10.6 Å². The molecular weight excluding hydrogens is 360 g/mol. The molecule has 2 aromatic carbocycles. The normalized spacial score (nSPS) is 8.69. The summed E-state index contributed by atoms with van der Waals surface area (Å²) in [6, 6.07) is 15.1. The number of Topliss-reactive ketones (excluding diaryl/α,β-unsaturated/α-hetero) is 2. The molecule has 0 radical (unpaired) electrons. The molecule has 0 fully saturated rings. The fourth-order valence-corrected chi connectivity index (χ4v) is 2.44. The first-order valence-electron chi connectivity index (χ1n) is 10.7. The highest BCUT2D eigenvalue weighted by Crippen LogP contribution is 2.17. The molecule has 4 heteroatoms. The summed E-state index contributed by atoms with van der Waals surface area (Å²) < 4.78 is 0. The van der Waals surface area contributed by atoms with Gasteiger partial charge in [-0.2, -0.15) is 0 Å². The maximum absolute atomic E-state index is 11.6. The Kier molecular flexibility index (Phi) is 18.5. The number of rotatable bonds is 7. The second kappa shape index (κ2) is 18.7. The molecule has 0 heterocycles. The minimum atomic E-state index is 0.181. The summed E-state index contributed by atoms with van der Waals surface area (Å²) in [4.78, 5) is 22.9. The zero-order valence-corrected chi connectivity index (χ0v) is 19.6. The molecule has 0 bridgehead atoms. The van der Waals surface area contributed by atoms with Gasteiger partial charge in [-0.15, -0.1) is 0 Å².